The number of piperidine rings is 1. The molecule has 1 aromatic carbocycles. The van der Waals surface area contributed by atoms with Crippen LogP contribution in [-0.4, -0.2) is 30.6 Å². The van der Waals surface area contributed by atoms with Gasteiger partial charge < -0.3 is 10.2 Å². The van der Waals surface area contributed by atoms with E-state index in [1.165, 1.54) is 31.7 Å². The van der Waals surface area contributed by atoms with Gasteiger partial charge in [0.15, 0.2) is 0 Å². The molecule has 20 heavy (non-hydrogen) atoms. The van der Waals surface area contributed by atoms with Crippen LogP contribution < -0.4 is 5.32 Å². The van der Waals surface area contributed by atoms with Crippen LogP contribution in [0.25, 0.3) is 0 Å². The van der Waals surface area contributed by atoms with E-state index in [1.807, 2.05) is 12.1 Å². The third kappa shape index (κ3) is 3.07. The number of hydrogen-bond donors (Lipinski definition) is 1. The first-order valence-electron chi connectivity index (χ1n) is 7.50. The van der Waals surface area contributed by atoms with Crippen LogP contribution in [0.4, 0.5) is 4.39 Å². The monoisotopic (exact) mass is 340 g/mol. The lowest BCUT2D eigenvalue weighted by atomic mass is 9.91. The Balaban J connectivity index is 1.49. The molecule has 1 aromatic rings. The smallest absolute Gasteiger partial charge is 0.128 e. The van der Waals surface area contributed by atoms with Crippen LogP contribution in [0.5, 0.6) is 0 Å². The maximum absolute atomic E-state index is 13.7. The van der Waals surface area contributed by atoms with E-state index in [9.17, 15) is 4.39 Å². The number of benzene rings is 1. The molecule has 4 heteroatoms. The lowest BCUT2D eigenvalue weighted by Crippen LogP contribution is -2.42. The highest BCUT2D eigenvalue weighted by atomic mass is 79.9. The van der Waals surface area contributed by atoms with Crippen molar-refractivity contribution in [2.75, 3.05) is 13.6 Å². The molecule has 2 heterocycles. The molecule has 0 radical (unpaired) electrons. The average Bonchev–Trinajstić information content (AvgIpc) is 2.64. The Morgan fingerprint density at radius 3 is 2.65 bits per heavy atom. The summed E-state index contributed by atoms with van der Waals surface area (Å²) in [4.78, 5) is 2.56. The summed E-state index contributed by atoms with van der Waals surface area (Å²) in [6.07, 6.45) is 5.31. The van der Waals surface area contributed by atoms with Crippen LogP contribution >= 0.6 is 15.9 Å². The normalized spacial score (nSPS) is 29.9. The first kappa shape index (κ1) is 14.5. The van der Waals surface area contributed by atoms with Gasteiger partial charge in [-0.2, -0.15) is 0 Å². The predicted octanol–water partition coefficient (Wildman–Crippen LogP) is 3.55. The molecule has 2 aliphatic heterocycles. The molecule has 1 N–H and O–H groups in total. The summed E-state index contributed by atoms with van der Waals surface area (Å²) in [6, 6.07) is 6.85. The van der Waals surface area contributed by atoms with Crippen molar-refractivity contribution in [3.05, 3.63) is 34.1 Å². The second kappa shape index (κ2) is 6.12. The molecule has 0 amide bonds. The highest BCUT2D eigenvalue weighted by Gasteiger charge is 2.37. The third-order valence-electron chi connectivity index (χ3n) is 4.96. The fourth-order valence-corrected chi connectivity index (χ4v) is 4.10. The maximum Gasteiger partial charge on any atom is 0.128 e. The van der Waals surface area contributed by atoms with Crippen molar-refractivity contribution in [2.24, 2.45) is 5.92 Å². The van der Waals surface area contributed by atoms with Crippen LogP contribution in [0.2, 0.25) is 0 Å². The summed E-state index contributed by atoms with van der Waals surface area (Å²) in [7, 11) is 2.27. The first-order chi connectivity index (χ1) is 9.63. The van der Waals surface area contributed by atoms with E-state index in [0.29, 0.717) is 6.54 Å². The number of rotatable bonds is 4. The zero-order valence-electron chi connectivity index (χ0n) is 11.9. The van der Waals surface area contributed by atoms with Crippen molar-refractivity contribution >= 4 is 15.9 Å². The number of fused-ring (bicyclic) bond motifs is 2. The SMILES string of the molecule is CN1C2CCC1CC(CNCc1ccc(Br)cc1F)C2. The Bertz CT molecular complexity index is 466. The van der Waals surface area contributed by atoms with Gasteiger partial charge in [-0.25, -0.2) is 4.39 Å². The second-order valence-electron chi connectivity index (χ2n) is 6.25. The van der Waals surface area contributed by atoms with Gasteiger partial charge in [0.1, 0.15) is 5.82 Å². The average molecular weight is 341 g/mol. The van der Waals surface area contributed by atoms with Gasteiger partial charge in [0.2, 0.25) is 0 Å². The highest BCUT2D eigenvalue weighted by Crippen LogP contribution is 2.37. The van der Waals surface area contributed by atoms with E-state index in [2.05, 4.69) is 33.2 Å². The lowest BCUT2D eigenvalue weighted by molar-refractivity contribution is 0.133. The summed E-state index contributed by atoms with van der Waals surface area (Å²) in [5.41, 5.74) is 0.754. The van der Waals surface area contributed by atoms with Gasteiger partial charge in [-0.05, 0) is 57.3 Å². The van der Waals surface area contributed by atoms with Crippen molar-refractivity contribution in [3.8, 4) is 0 Å². The van der Waals surface area contributed by atoms with E-state index < -0.39 is 0 Å². The molecule has 0 aromatic heterocycles. The third-order valence-corrected chi connectivity index (χ3v) is 5.45. The number of nitrogens with one attached hydrogen (secondary N) is 1. The van der Waals surface area contributed by atoms with Crippen molar-refractivity contribution < 1.29 is 4.39 Å². The van der Waals surface area contributed by atoms with Gasteiger partial charge in [-0.15, -0.1) is 0 Å². The molecule has 0 saturated carbocycles. The second-order valence-corrected chi connectivity index (χ2v) is 7.17. The van der Waals surface area contributed by atoms with Gasteiger partial charge in [-0.3, -0.25) is 0 Å². The van der Waals surface area contributed by atoms with Gasteiger partial charge in [0.05, 0.1) is 0 Å². The molecule has 3 rings (SSSR count). The Morgan fingerprint density at radius 2 is 2.00 bits per heavy atom. The molecule has 2 fully saturated rings. The molecular weight excluding hydrogens is 319 g/mol. The summed E-state index contributed by atoms with van der Waals surface area (Å²) < 4.78 is 14.5. The van der Waals surface area contributed by atoms with Gasteiger partial charge >= 0.3 is 0 Å². The van der Waals surface area contributed by atoms with Crippen LogP contribution in [-0.2, 0) is 6.54 Å². The first-order valence-corrected chi connectivity index (χ1v) is 8.29. The zero-order chi connectivity index (χ0) is 14.1. The summed E-state index contributed by atoms with van der Waals surface area (Å²) in [5.74, 6) is 0.623. The molecule has 2 aliphatic rings. The van der Waals surface area contributed by atoms with Gasteiger partial charge in [0.25, 0.3) is 0 Å². The molecule has 0 aliphatic carbocycles. The molecule has 2 nitrogen and oxygen atoms in total. The van der Waals surface area contributed by atoms with Crippen molar-refractivity contribution in [1.29, 1.82) is 0 Å². The summed E-state index contributed by atoms with van der Waals surface area (Å²) in [6.45, 7) is 1.64. The van der Waals surface area contributed by atoms with Gasteiger partial charge in [-0.1, -0.05) is 22.0 Å². The van der Waals surface area contributed by atoms with E-state index in [1.54, 1.807) is 0 Å². The van der Waals surface area contributed by atoms with E-state index in [-0.39, 0.29) is 5.82 Å². The minimum Gasteiger partial charge on any atom is -0.312 e. The zero-order valence-corrected chi connectivity index (χ0v) is 13.5. The molecule has 2 bridgehead atoms. The van der Waals surface area contributed by atoms with Crippen molar-refractivity contribution in [1.82, 2.24) is 10.2 Å². The van der Waals surface area contributed by atoms with Crippen LogP contribution in [0.1, 0.15) is 31.2 Å². The van der Waals surface area contributed by atoms with E-state index >= 15 is 0 Å². The Labute approximate surface area is 128 Å². The lowest BCUT2D eigenvalue weighted by Gasteiger charge is -2.36. The molecule has 2 atom stereocenters. The predicted molar refractivity (Wildman–Crippen MR) is 83.1 cm³/mol. The molecule has 0 spiro atoms. The Morgan fingerprint density at radius 1 is 1.30 bits per heavy atom. The molecular formula is C16H22BrFN2. The summed E-state index contributed by atoms with van der Waals surface area (Å²) in [5, 5.41) is 3.44. The van der Waals surface area contributed by atoms with Crippen molar-refractivity contribution in [3.63, 3.8) is 0 Å². The number of halogens is 2. The van der Waals surface area contributed by atoms with Crippen molar-refractivity contribution in [2.45, 2.75) is 44.3 Å². The van der Waals surface area contributed by atoms with Crippen LogP contribution in [0.15, 0.2) is 22.7 Å². The minimum atomic E-state index is -0.129. The fraction of sp³-hybridized carbons (Fsp3) is 0.625. The Hall–Kier alpha value is -0.450. The minimum absolute atomic E-state index is 0.129. The summed E-state index contributed by atoms with van der Waals surface area (Å²) >= 11 is 3.29. The van der Waals surface area contributed by atoms with Gasteiger partial charge in [0, 0.05) is 28.7 Å². The maximum atomic E-state index is 13.7. The quantitative estimate of drug-likeness (QED) is 0.901. The number of nitrogens with zero attached hydrogens (tertiary/aromatic N) is 1. The highest BCUT2D eigenvalue weighted by molar-refractivity contribution is 9.10. The van der Waals surface area contributed by atoms with Crippen LogP contribution in [0, 0.1) is 11.7 Å². The molecule has 110 valence electrons. The van der Waals surface area contributed by atoms with E-state index in [4.69, 9.17) is 0 Å². The van der Waals surface area contributed by atoms with Crippen LogP contribution in [0.3, 0.4) is 0 Å². The molecule has 2 saturated heterocycles. The Kier molecular flexibility index (Phi) is 4.43. The fourth-order valence-electron chi connectivity index (χ4n) is 3.77. The molecule has 2 unspecified atom stereocenters. The standard InChI is InChI=1S/C16H22BrFN2/c1-20-14-4-5-15(20)7-11(6-14)9-19-10-12-2-3-13(17)8-16(12)18/h2-3,8,11,14-15,19H,4-7,9-10H2,1H3. The number of hydrogen-bond acceptors (Lipinski definition) is 2. The van der Waals surface area contributed by atoms with E-state index in [0.717, 1.165) is 34.6 Å². The largest absolute Gasteiger partial charge is 0.312 e. The topological polar surface area (TPSA) is 15.3 Å².